The zero-order chi connectivity index (χ0) is 13.2. The van der Waals surface area contributed by atoms with Gasteiger partial charge < -0.3 is 15.2 Å². The summed E-state index contributed by atoms with van der Waals surface area (Å²) >= 11 is 3.26. The Morgan fingerprint density at radius 2 is 2.39 bits per heavy atom. The van der Waals surface area contributed by atoms with Crippen LogP contribution in [0.3, 0.4) is 0 Å². The molecule has 2 rings (SSSR count). The molecule has 0 bridgehead atoms. The minimum atomic E-state index is -0.948. The van der Waals surface area contributed by atoms with Crippen LogP contribution in [0.5, 0.6) is 0 Å². The number of nitrogens with one attached hydrogen (secondary N) is 1. The van der Waals surface area contributed by atoms with E-state index < -0.39 is 10.5 Å². The number of halogens is 1. The lowest BCUT2D eigenvalue weighted by Gasteiger charge is -2.21. The highest BCUT2D eigenvalue weighted by atomic mass is 79.9. The monoisotopic (exact) mass is 316 g/mol. The molecule has 1 heterocycles. The predicted molar refractivity (Wildman–Crippen MR) is 69.7 cm³/mol. The van der Waals surface area contributed by atoms with Gasteiger partial charge in [0.05, 0.1) is 11.5 Å². The Bertz CT molecular complexity index is 460. The molecular weight excluding hydrogens is 304 g/mol. The largest absolute Gasteiger partial charge is 0.386 e. The average Bonchev–Trinajstić information content (AvgIpc) is 2.74. The molecule has 1 fully saturated rings. The average molecular weight is 317 g/mol. The third-order valence-electron chi connectivity index (χ3n) is 2.85. The van der Waals surface area contributed by atoms with Crippen LogP contribution in [0.2, 0.25) is 0 Å². The number of anilines is 1. The predicted octanol–water partition coefficient (Wildman–Crippen LogP) is 1.92. The number of ether oxygens (including phenoxy) is 1. The second-order valence-electron chi connectivity index (χ2n) is 4.30. The quantitative estimate of drug-likeness (QED) is 0.655. The summed E-state index contributed by atoms with van der Waals surface area (Å²) in [5, 5.41) is 23.9. The standard InChI is InChI=1S/C11H13BrN2O4/c12-8-1-2-10(14(16)17)9(5-8)13-6-11(15)3-4-18-7-11/h1-2,5,13,15H,3-4,6-7H2. The van der Waals surface area contributed by atoms with E-state index >= 15 is 0 Å². The smallest absolute Gasteiger partial charge is 0.292 e. The number of hydrogen-bond donors (Lipinski definition) is 2. The zero-order valence-electron chi connectivity index (χ0n) is 9.56. The highest BCUT2D eigenvalue weighted by Gasteiger charge is 2.32. The second kappa shape index (κ2) is 5.21. The number of aliphatic hydroxyl groups is 1. The fourth-order valence-electron chi connectivity index (χ4n) is 1.80. The van der Waals surface area contributed by atoms with E-state index in [4.69, 9.17) is 4.74 Å². The number of benzene rings is 1. The van der Waals surface area contributed by atoms with Gasteiger partial charge in [0.15, 0.2) is 0 Å². The van der Waals surface area contributed by atoms with Crippen LogP contribution in [-0.2, 0) is 4.74 Å². The molecule has 1 saturated heterocycles. The molecule has 1 aromatic rings. The van der Waals surface area contributed by atoms with Crippen molar-refractivity contribution in [2.45, 2.75) is 12.0 Å². The third kappa shape index (κ3) is 2.98. The van der Waals surface area contributed by atoms with Crippen LogP contribution < -0.4 is 5.32 Å². The van der Waals surface area contributed by atoms with Gasteiger partial charge in [-0.3, -0.25) is 10.1 Å². The Kier molecular flexibility index (Phi) is 3.84. The van der Waals surface area contributed by atoms with E-state index in [-0.39, 0.29) is 18.8 Å². The van der Waals surface area contributed by atoms with Gasteiger partial charge in [-0.15, -0.1) is 0 Å². The molecule has 1 aliphatic rings. The molecule has 0 saturated carbocycles. The maximum Gasteiger partial charge on any atom is 0.292 e. The summed E-state index contributed by atoms with van der Waals surface area (Å²) in [6.45, 7) is 0.991. The number of rotatable bonds is 4. The van der Waals surface area contributed by atoms with Crippen LogP contribution in [0.1, 0.15) is 6.42 Å². The summed E-state index contributed by atoms with van der Waals surface area (Å²) in [7, 11) is 0. The molecule has 1 atom stereocenters. The van der Waals surface area contributed by atoms with Crippen LogP contribution in [-0.4, -0.2) is 35.4 Å². The molecule has 0 spiro atoms. The first-order valence-electron chi connectivity index (χ1n) is 5.48. The van der Waals surface area contributed by atoms with Gasteiger partial charge in [-0.25, -0.2) is 0 Å². The number of nitro groups is 1. The van der Waals surface area contributed by atoms with Crippen molar-refractivity contribution in [3.63, 3.8) is 0 Å². The highest BCUT2D eigenvalue weighted by molar-refractivity contribution is 9.10. The van der Waals surface area contributed by atoms with E-state index in [9.17, 15) is 15.2 Å². The van der Waals surface area contributed by atoms with Crippen molar-refractivity contribution in [1.29, 1.82) is 0 Å². The molecule has 1 aromatic carbocycles. The van der Waals surface area contributed by atoms with Crippen LogP contribution >= 0.6 is 15.9 Å². The molecule has 0 aromatic heterocycles. The summed E-state index contributed by atoms with van der Waals surface area (Å²) in [5.41, 5.74) is -0.577. The highest BCUT2D eigenvalue weighted by Crippen LogP contribution is 2.29. The lowest BCUT2D eigenvalue weighted by Crippen LogP contribution is -2.37. The van der Waals surface area contributed by atoms with Crippen molar-refractivity contribution in [2.24, 2.45) is 0 Å². The molecule has 1 unspecified atom stereocenters. The Balaban J connectivity index is 2.12. The summed E-state index contributed by atoms with van der Waals surface area (Å²) in [5.74, 6) is 0. The number of nitro benzene ring substituents is 1. The van der Waals surface area contributed by atoms with E-state index in [1.54, 1.807) is 12.1 Å². The topological polar surface area (TPSA) is 84.6 Å². The third-order valence-corrected chi connectivity index (χ3v) is 3.34. The van der Waals surface area contributed by atoms with Gasteiger partial charge >= 0.3 is 0 Å². The van der Waals surface area contributed by atoms with Gasteiger partial charge in [0, 0.05) is 30.1 Å². The normalized spacial score (nSPS) is 23.0. The van der Waals surface area contributed by atoms with Gasteiger partial charge in [-0.05, 0) is 12.1 Å². The van der Waals surface area contributed by atoms with Crippen LogP contribution in [0, 0.1) is 10.1 Å². The Morgan fingerprint density at radius 1 is 1.61 bits per heavy atom. The van der Waals surface area contributed by atoms with Crippen molar-refractivity contribution >= 4 is 27.3 Å². The van der Waals surface area contributed by atoms with E-state index in [0.717, 1.165) is 4.47 Å². The van der Waals surface area contributed by atoms with E-state index in [1.165, 1.54) is 6.07 Å². The summed E-state index contributed by atoms with van der Waals surface area (Å²) < 4.78 is 5.86. The van der Waals surface area contributed by atoms with Crippen LogP contribution in [0.15, 0.2) is 22.7 Å². The lowest BCUT2D eigenvalue weighted by atomic mass is 10.0. The zero-order valence-corrected chi connectivity index (χ0v) is 11.1. The van der Waals surface area contributed by atoms with Crippen LogP contribution in [0.25, 0.3) is 0 Å². The van der Waals surface area contributed by atoms with Gasteiger partial charge in [0.2, 0.25) is 0 Å². The molecule has 0 amide bonds. The molecule has 2 N–H and O–H groups in total. The van der Waals surface area contributed by atoms with Gasteiger partial charge in [-0.2, -0.15) is 0 Å². The maximum atomic E-state index is 10.9. The molecule has 98 valence electrons. The number of nitrogens with zero attached hydrogens (tertiary/aromatic N) is 1. The van der Waals surface area contributed by atoms with Gasteiger partial charge in [0.25, 0.3) is 5.69 Å². The van der Waals surface area contributed by atoms with E-state index in [2.05, 4.69) is 21.2 Å². The van der Waals surface area contributed by atoms with Crippen molar-refractivity contribution in [3.05, 3.63) is 32.8 Å². The molecular formula is C11H13BrN2O4. The first kappa shape index (κ1) is 13.3. The first-order chi connectivity index (χ1) is 8.50. The Labute approximate surface area is 112 Å². The molecule has 7 heteroatoms. The summed E-state index contributed by atoms with van der Waals surface area (Å²) in [4.78, 5) is 10.4. The first-order valence-corrected chi connectivity index (χ1v) is 6.27. The van der Waals surface area contributed by atoms with Crippen molar-refractivity contribution in [1.82, 2.24) is 0 Å². The molecule has 1 aliphatic heterocycles. The van der Waals surface area contributed by atoms with Crippen LogP contribution in [0.4, 0.5) is 11.4 Å². The van der Waals surface area contributed by atoms with Crippen molar-refractivity contribution in [2.75, 3.05) is 25.1 Å². The fourth-order valence-corrected chi connectivity index (χ4v) is 2.17. The van der Waals surface area contributed by atoms with E-state index in [0.29, 0.717) is 18.7 Å². The van der Waals surface area contributed by atoms with Crippen molar-refractivity contribution in [3.8, 4) is 0 Å². The molecule has 6 nitrogen and oxygen atoms in total. The Morgan fingerprint density at radius 3 is 3.00 bits per heavy atom. The minimum Gasteiger partial charge on any atom is -0.386 e. The summed E-state index contributed by atoms with van der Waals surface area (Å²) in [6, 6.07) is 4.65. The lowest BCUT2D eigenvalue weighted by molar-refractivity contribution is -0.384. The minimum absolute atomic E-state index is 0.0132. The number of hydrogen-bond acceptors (Lipinski definition) is 5. The SMILES string of the molecule is O=[N+]([O-])c1ccc(Br)cc1NCC1(O)CCOC1. The molecule has 0 aliphatic carbocycles. The van der Waals surface area contributed by atoms with E-state index in [1.807, 2.05) is 0 Å². The van der Waals surface area contributed by atoms with Gasteiger partial charge in [-0.1, -0.05) is 15.9 Å². The summed E-state index contributed by atoms with van der Waals surface area (Å²) in [6.07, 6.45) is 0.530. The molecule has 18 heavy (non-hydrogen) atoms. The van der Waals surface area contributed by atoms with Gasteiger partial charge in [0.1, 0.15) is 11.3 Å². The fraction of sp³-hybridized carbons (Fsp3) is 0.455. The second-order valence-corrected chi connectivity index (χ2v) is 5.21. The van der Waals surface area contributed by atoms with Crippen molar-refractivity contribution < 1.29 is 14.8 Å². The Hall–Kier alpha value is -1.18. The molecule has 0 radical (unpaired) electrons. The maximum absolute atomic E-state index is 10.9.